The number of rotatable bonds is 6. The van der Waals surface area contributed by atoms with Crippen molar-refractivity contribution in [1.29, 1.82) is 0 Å². The quantitative estimate of drug-likeness (QED) is 0.751. The molecule has 1 N–H and O–H groups in total. The van der Waals surface area contributed by atoms with Crippen molar-refractivity contribution < 1.29 is 9.53 Å². The zero-order valence-electron chi connectivity index (χ0n) is 13.2. The summed E-state index contributed by atoms with van der Waals surface area (Å²) < 4.78 is 5.31. The van der Waals surface area contributed by atoms with E-state index >= 15 is 0 Å². The largest absolute Gasteiger partial charge is 0.465 e. The van der Waals surface area contributed by atoms with Gasteiger partial charge in [0.15, 0.2) is 0 Å². The van der Waals surface area contributed by atoms with E-state index in [1.165, 1.54) is 0 Å². The molecule has 0 aromatic heterocycles. The molecule has 0 aromatic carbocycles. The third-order valence-corrected chi connectivity index (χ3v) is 4.18. The highest BCUT2D eigenvalue weighted by molar-refractivity contribution is 5.81. The van der Waals surface area contributed by atoms with E-state index in [9.17, 15) is 4.79 Å². The number of nitrogens with one attached hydrogen (secondary N) is 1. The first-order valence-corrected chi connectivity index (χ1v) is 7.64. The highest BCUT2D eigenvalue weighted by Gasteiger charge is 2.43. The van der Waals surface area contributed by atoms with Crippen LogP contribution in [-0.4, -0.2) is 48.2 Å². The second kappa shape index (κ2) is 7.25. The lowest BCUT2D eigenvalue weighted by molar-refractivity contribution is -0.154. The van der Waals surface area contributed by atoms with Crippen molar-refractivity contribution in [3.63, 3.8) is 0 Å². The van der Waals surface area contributed by atoms with Gasteiger partial charge < -0.3 is 9.64 Å². The number of likely N-dealkylation sites (tertiary alicyclic amines) is 1. The van der Waals surface area contributed by atoms with E-state index in [-0.39, 0.29) is 5.97 Å². The maximum Gasteiger partial charge on any atom is 0.326 e. The van der Waals surface area contributed by atoms with Crippen LogP contribution in [0, 0.1) is 0 Å². The van der Waals surface area contributed by atoms with Crippen LogP contribution in [0.15, 0.2) is 0 Å². The summed E-state index contributed by atoms with van der Waals surface area (Å²) in [7, 11) is 0. The fourth-order valence-corrected chi connectivity index (χ4v) is 2.67. The molecule has 4 nitrogen and oxygen atoms in total. The van der Waals surface area contributed by atoms with E-state index in [0.29, 0.717) is 18.7 Å². The summed E-state index contributed by atoms with van der Waals surface area (Å²) in [5.74, 6) is -0.0706. The standard InChI is InChI=1S/C15H30N2O2/c1-6-13(5)16-15(14(18)19-7-2)8-10-17(11-9-15)12(3)4/h12-13,16H,6-11H2,1-5H3. The molecule has 1 aliphatic heterocycles. The molecule has 4 heteroatoms. The molecular weight excluding hydrogens is 240 g/mol. The van der Waals surface area contributed by atoms with Gasteiger partial charge in [-0.3, -0.25) is 10.1 Å². The first-order valence-electron chi connectivity index (χ1n) is 7.64. The Labute approximate surface area is 117 Å². The Bertz CT molecular complexity index is 284. The predicted octanol–water partition coefficient (Wildman–Crippen LogP) is 2.18. The maximum atomic E-state index is 12.3. The molecule has 1 unspecified atom stereocenters. The SMILES string of the molecule is CCOC(=O)C1(NC(C)CC)CCN(C(C)C)CC1. The topological polar surface area (TPSA) is 41.6 Å². The summed E-state index contributed by atoms with van der Waals surface area (Å²) in [6.07, 6.45) is 2.71. The summed E-state index contributed by atoms with van der Waals surface area (Å²) in [4.78, 5) is 14.8. The highest BCUT2D eigenvalue weighted by Crippen LogP contribution is 2.26. The number of carbonyl (C=O) groups excluding carboxylic acids is 1. The number of carbonyl (C=O) groups is 1. The van der Waals surface area contributed by atoms with Crippen LogP contribution in [-0.2, 0) is 9.53 Å². The zero-order valence-corrected chi connectivity index (χ0v) is 13.2. The van der Waals surface area contributed by atoms with Crippen LogP contribution in [0.1, 0.15) is 53.9 Å². The van der Waals surface area contributed by atoms with E-state index in [4.69, 9.17) is 4.74 Å². The molecule has 0 spiro atoms. The van der Waals surface area contributed by atoms with Gasteiger partial charge in [-0.25, -0.2) is 0 Å². The van der Waals surface area contributed by atoms with Gasteiger partial charge >= 0.3 is 5.97 Å². The Balaban J connectivity index is 2.75. The number of hydrogen-bond acceptors (Lipinski definition) is 4. The van der Waals surface area contributed by atoms with Gasteiger partial charge in [0.25, 0.3) is 0 Å². The van der Waals surface area contributed by atoms with Gasteiger partial charge in [-0.15, -0.1) is 0 Å². The number of hydrogen-bond donors (Lipinski definition) is 1. The van der Waals surface area contributed by atoms with E-state index in [1.807, 2.05) is 6.92 Å². The molecule has 1 heterocycles. The number of nitrogens with zero attached hydrogens (tertiary/aromatic N) is 1. The molecule has 1 rings (SSSR count). The molecule has 112 valence electrons. The molecule has 1 atom stereocenters. The van der Waals surface area contributed by atoms with Crippen molar-refractivity contribution in [2.24, 2.45) is 0 Å². The van der Waals surface area contributed by atoms with Gasteiger partial charge in [-0.05, 0) is 47.0 Å². The summed E-state index contributed by atoms with van der Waals surface area (Å²) in [6, 6.07) is 0.888. The van der Waals surface area contributed by atoms with Crippen LogP contribution in [0.3, 0.4) is 0 Å². The first-order chi connectivity index (χ1) is 8.95. The zero-order chi connectivity index (χ0) is 14.5. The van der Waals surface area contributed by atoms with Crippen LogP contribution in [0.5, 0.6) is 0 Å². The summed E-state index contributed by atoms with van der Waals surface area (Å²) in [6.45, 7) is 12.9. The molecule has 1 aliphatic rings. The van der Waals surface area contributed by atoms with E-state index in [2.05, 4.69) is 37.9 Å². The molecule has 0 aromatic rings. The van der Waals surface area contributed by atoms with Gasteiger partial charge in [0.05, 0.1) is 6.61 Å². The Kier molecular flexibility index (Phi) is 6.27. The smallest absolute Gasteiger partial charge is 0.326 e. The van der Waals surface area contributed by atoms with Gasteiger partial charge in [0, 0.05) is 25.2 Å². The Morgan fingerprint density at radius 3 is 2.26 bits per heavy atom. The van der Waals surface area contributed by atoms with Crippen LogP contribution >= 0.6 is 0 Å². The van der Waals surface area contributed by atoms with Gasteiger partial charge in [-0.2, -0.15) is 0 Å². The minimum Gasteiger partial charge on any atom is -0.465 e. The lowest BCUT2D eigenvalue weighted by atomic mass is 9.86. The second-order valence-corrected chi connectivity index (χ2v) is 5.89. The summed E-state index contributed by atoms with van der Waals surface area (Å²) in [5.41, 5.74) is -0.475. The molecule has 1 saturated heterocycles. The minimum absolute atomic E-state index is 0.0706. The normalized spacial score (nSPS) is 21.4. The van der Waals surface area contributed by atoms with E-state index in [1.54, 1.807) is 0 Å². The van der Waals surface area contributed by atoms with Crippen LogP contribution in [0.4, 0.5) is 0 Å². The highest BCUT2D eigenvalue weighted by atomic mass is 16.5. The molecule has 0 bridgehead atoms. The summed E-state index contributed by atoms with van der Waals surface area (Å²) >= 11 is 0. The van der Waals surface area contributed by atoms with Crippen molar-refractivity contribution in [2.45, 2.75) is 71.5 Å². The Morgan fingerprint density at radius 2 is 1.84 bits per heavy atom. The van der Waals surface area contributed by atoms with Crippen LogP contribution in [0.2, 0.25) is 0 Å². The molecule has 0 radical (unpaired) electrons. The van der Waals surface area contributed by atoms with E-state index in [0.717, 1.165) is 32.4 Å². The van der Waals surface area contributed by atoms with Crippen LogP contribution < -0.4 is 5.32 Å². The van der Waals surface area contributed by atoms with Gasteiger partial charge in [-0.1, -0.05) is 6.92 Å². The molecule has 19 heavy (non-hydrogen) atoms. The fourth-order valence-electron chi connectivity index (χ4n) is 2.67. The van der Waals surface area contributed by atoms with Gasteiger partial charge in [0.2, 0.25) is 0 Å². The van der Waals surface area contributed by atoms with Crippen molar-refractivity contribution >= 4 is 5.97 Å². The molecule has 0 amide bonds. The summed E-state index contributed by atoms with van der Waals surface area (Å²) in [5, 5.41) is 3.52. The van der Waals surface area contributed by atoms with Crippen molar-refractivity contribution in [3.05, 3.63) is 0 Å². The fraction of sp³-hybridized carbons (Fsp3) is 0.933. The van der Waals surface area contributed by atoms with Crippen LogP contribution in [0.25, 0.3) is 0 Å². The van der Waals surface area contributed by atoms with Crippen molar-refractivity contribution in [3.8, 4) is 0 Å². The Morgan fingerprint density at radius 1 is 1.26 bits per heavy atom. The van der Waals surface area contributed by atoms with Gasteiger partial charge in [0.1, 0.15) is 5.54 Å². The number of esters is 1. The maximum absolute atomic E-state index is 12.3. The molecular formula is C15H30N2O2. The average Bonchev–Trinajstić information content (AvgIpc) is 2.39. The van der Waals surface area contributed by atoms with Crippen molar-refractivity contribution in [1.82, 2.24) is 10.2 Å². The second-order valence-electron chi connectivity index (χ2n) is 5.89. The monoisotopic (exact) mass is 270 g/mol. The first kappa shape index (κ1) is 16.4. The minimum atomic E-state index is -0.475. The number of ether oxygens (including phenoxy) is 1. The lowest BCUT2D eigenvalue weighted by Crippen LogP contribution is -2.61. The Hall–Kier alpha value is -0.610. The number of piperidine rings is 1. The molecule has 0 aliphatic carbocycles. The third-order valence-electron chi connectivity index (χ3n) is 4.18. The molecule has 1 fully saturated rings. The van der Waals surface area contributed by atoms with E-state index < -0.39 is 5.54 Å². The van der Waals surface area contributed by atoms with Crippen molar-refractivity contribution in [2.75, 3.05) is 19.7 Å². The molecule has 0 saturated carbocycles. The lowest BCUT2D eigenvalue weighted by Gasteiger charge is -2.43. The average molecular weight is 270 g/mol. The predicted molar refractivity (Wildman–Crippen MR) is 78.2 cm³/mol. The third kappa shape index (κ3) is 4.18.